The number of hydrogen-bond donors (Lipinski definition) is 1. The van der Waals surface area contributed by atoms with Gasteiger partial charge in [-0.3, -0.25) is 4.98 Å². The van der Waals surface area contributed by atoms with Crippen molar-refractivity contribution in [1.29, 1.82) is 0 Å². The molecule has 0 aliphatic carbocycles. The monoisotopic (exact) mass is 192 g/mol. The minimum absolute atomic E-state index is 0.217. The quantitative estimate of drug-likeness (QED) is 0.734. The van der Waals surface area contributed by atoms with E-state index in [1.165, 1.54) is 5.56 Å². The highest BCUT2D eigenvalue weighted by atomic mass is 16.5. The largest absolute Gasteiger partial charge is 0.372 e. The summed E-state index contributed by atoms with van der Waals surface area (Å²) in [5.74, 6) is 0. The molecule has 0 bridgehead atoms. The van der Waals surface area contributed by atoms with Crippen molar-refractivity contribution < 1.29 is 4.74 Å². The molecule has 1 aromatic rings. The molecule has 2 rings (SSSR count). The number of rotatable bonds is 1. The zero-order valence-electron chi connectivity index (χ0n) is 8.44. The number of nitrogens with zero attached hydrogens (tertiary/aromatic N) is 1. The number of nitrogens with two attached hydrogens (primary N) is 1. The van der Waals surface area contributed by atoms with E-state index in [0.717, 1.165) is 18.5 Å². The smallest absolute Gasteiger partial charge is 0.0827 e. The molecule has 0 aromatic carbocycles. The van der Waals surface area contributed by atoms with Crippen LogP contribution in [-0.2, 0) is 4.74 Å². The van der Waals surface area contributed by atoms with Crippen molar-refractivity contribution in [2.45, 2.75) is 31.9 Å². The first-order valence-electron chi connectivity index (χ1n) is 5.05. The van der Waals surface area contributed by atoms with Crippen LogP contribution in [0, 0.1) is 6.92 Å². The molecule has 2 N–H and O–H groups in total. The zero-order chi connectivity index (χ0) is 9.97. The third-order valence-corrected chi connectivity index (χ3v) is 2.60. The maximum Gasteiger partial charge on any atom is 0.0827 e. The zero-order valence-corrected chi connectivity index (χ0v) is 8.44. The molecule has 1 aliphatic rings. The van der Waals surface area contributed by atoms with Crippen molar-refractivity contribution >= 4 is 0 Å². The highest BCUT2D eigenvalue weighted by Gasteiger charge is 2.20. The third kappa shape index (κ3) is 2.11. The van der Waals surface area contributed by atoms with Gasteiger partial charge in [-0.2, -0.15) is 0 Å². The Labute approximate surface area is 84.3 Å². The molecule has 3 nitrogen and oxygen atoms in total. The minimum Gasteiger partial charge on any atom is -0.372 e. The second-order valence-electron chi connectivity index (χ2n) is 3.89. The summed E-state index contributed by atoms with van der Waals surface area (Å²) in [7, 11) is 0. The molecule has 1 aromatic heterocycles. The van der Waals surface area contributed by atoms with Crippen molar-refractivity contribution in [3.05, 3.63) is 29.6 Å². The van der Waals surface area contributed by atoms with Crippen molar-refractivity contribution in [2.24, 2.45) is 5.73 Å². The molecule has 0 spiro atoms. The van der Waals surface area contributed by atoms with E-state index in [-0.39, 0.29) is 12.1 Å². The molecular formula is C11H16N2O. The third-order valence-electron chi connectivity index (χ3n) is 2.60. The van der Waals surface area contributed by atoms with Crippen LogP contribution in [0.5, 0.6) is 0 Å². The van der Waals surface area contributed by atoms with Gasteiger partial charge in [0.25, 0.3) is 0 Å². The summed E-state index contributed by atoms with van der Waals surface area (Å²) in [4.78, 5) is 4.17. The van der Waals surface area contributed by atoms with Gasteiger partial charge in [-0.05, 0) is 37.5 Å². The topological polar surface area (TPSA) is 48.1 Å². The van der Waals surface area contributed by atoms with Crippen LogP contribution in [0.1, 0.15) is 30.2 Å². The van der Waals surface area contributed by atoms with Gasteiger partial charge in [0.2, 0.25) is 0 Å². The van der Waals surface area contributed by atoms with Crippen molar-refractivity contribution in [3.8, 4) is 0 Å². The van der Waals surface area contributed by atoms with Crippen LogP contribution in [0.2, 0.25) is 0 Å². The number of aromatic nitrogens is 1. The van der Waals surface area contributed by atoms with Crippen LogP contribution in [-0.4, -0.2) is 17.6 Å². The Hall–Kier alpha value is -0.930. The van der Waals surface area contributed by atoms with Crippen molar-refractivity contribution in [3.63, 3.8) is 0 Å². The van der Waals surface area contributed by atoms with Gasteiger partial charge >= 0.3 is 0 Å². The average Bonchev–Trinajstić information content (AvgIpc) is 2.19. The van der Waals surface area contributed by atoms with E-state index in [1.54, 1.807) is 0 Å². The van der Waals surface area contributed by atoms with E-state index in [4.69, 9.17) is 10.5 Å². The van der Waals surface area contributed by atoms with Crippen molar-refractivity contribution in [2.75, 3.05) is 6.61 Å². The summed E-state index contributed by atoms with van der Waals surface area (Å²) in [6.45, 7) is 2.67. The SMILES string of the molecule is Cc1cc([C@@H]2CC[C@@H](N)CO2)ccn1. The molecule has 0 amide bonds. The Morgan fingerprint density at radius 1 is 1.50 bits per heavy atom. The predicted molar refractivity (Wildman–Crippen MR) is 54.9 cm³/mol. The average molecular weight is 192 g/mol. The van der Waals surface area contributed by atoms with E-state index in [0.29, 0.717) is 6.61 Å². The van der Waals surface area contributed by atoms with Gasteiger partial charge in [0, 0.05) is 17.9 Å². The number of ether oxygens (including phenoxy) is 1. The Morgan fingerprint density at radius 2 is 2.36 bits per heavy atom. The van der Waals surface area contributed by atoms with Crippen LogP contribution in [0.25, 0.3) is 0 Å². The summed E-state index contributed by atoms with van der Waals surface area (Å²) in [5, 5.41) is 0. The molecule has 1 aliphatic heterocycles. The summed E-state index contributed by atoms with van der Waals surface area (Å²) >= 11 is 0. The first kappa shape index (κ1) is 9.62. The molecule has 14 heavy (non-hydrogen) atoms. The predicted octanol–water partition coefficient (Wildman–Crippen LogP) is 1.57. The van der Waals surface area contributed by atoms with E-state index >= 15 is 0 Å². The van der Waals surface area contributed by atoms with Crippen LogP contribution in [0.3, 0.4) is 0 Å². The Balaban J connectivity index is 2.08. The normalized spacial score (nSPS) is 27.6. The Kier molecular flexibility index (Phi) is 2.79. The van der Waals surface area contributed by atoms with Gasteiger partial charge in [-0.25, -0.2) is 0 Å². The summed E-state index contributed by atoms with van der Waals surface area (Å²) < 4.78 is 5.68. The second kappa shape index (κ2) is 4.07. The standard InChI is InChI=1S/C11H16N2O/c1-8-6-9(4-5-13-8)11-3-2-10(12)7-14-11/h4-6,10-11H,2-3,7,12H2,1H3/t10-,11+/m1/s1. The summed E-state index contributed by atoms with van der Waals surface area (Å²) in [6.07, 6.45) is 4.12. The molecule has 0 saturated carbocycles. The van der Waals surface area contributed by atoms with Crippen LogP contribution >= 0.6 is 0 Å². The lowest BCUT2D eigenvalue weighted by Gasteiger charge is -2.27. The van der Waals surface area contributed by atoms with Crippen molar-refractivity contribution in [1.82, 2.24) is 4.98 Å². The molecular weight excluding hydrogens is 176 g/mol. The number of aryl methyl sites for hydroxylation is 1. The van der Waals surface area contributed by atoms with Gasteiger partial charge < -0.3 is 10.5 Å². The van der Waals surface area contributed by atoms with Gasteiger partial charge in [0.15, 0.2) is 0 Å². The lowest BCUT2D eigenvalue weighted by atomic mass is 10.00. The van der Waals surface area contributed by atoms with Gasteiger partial charge in [0.05, 0.1) is 12.7 Å². The summed E-state index contributed by atoms with van der Waals surface area (Å²) in [6, 6.07) is 4.32. The van der Waals surface area contributed by atoms with Crippen LogP contribution < -0.4 is 5.73 Å². The molecule has 1 saturated heterocycles. The molecule has 0 unspecified atom stereocenters. The van der Waals surface area contributed by atoms with Crippen LogP contribution in [0.15, 0.2) is 18.3 Å². The maximum absolute atomic E-state index is 5.77. The highest BCUT2D eigenvalue weighted by Crippen LogP contribution is 2.27. The first-order valence-corrected chi connectivity index (χ1v) is 5.05. The molecule has 3 heteroatoms. The Bertz CT molecular complexity index is 306. The van der Waals surface area contributed by atoms with E-state index in [2.05, 4.69) is 11.1 Å². The fourth-order valence-electron chi connectivity index (χ4n) is 1.80. The Morgan fingerprint density at radius 3 is 3.00 bits per heavy atom. The fraction of sp³-hybridized carbons (Fsp3) is 0.545. The van der Waals surface area contributed by atoms with E-state index in [1.807, 2.05) is 19.2 Å². The van der Waals surface area contributed by atoms with Crippen LogP contribution in [0.4, 0.5) is 0 Å². The lowest BCUT2D eigenvalue weighted by Crippen LogP contribution is -2.32. The lowest BCUT2D eigenvalue weighted by molar-refractivity contribution is 0.00404. The first-order chi connectivity index (χ1) is 6.75. The number of hydrogen-bond acceptors (Lipinski definition) is 3. The minimum atomic E-state index is 0.217. The molecule has 1 fully saturated rings. The fourth-order valence-corrected chi connectivity index (χ4v) is 1.80. The molecule has 2 atom stereocenters. The highest BCUT2D eigenvalue weighted by molar-refractivity contribution is 5.18. The van der Waals surface area contributed by atoms with E-state index < -0.39 is 0 Å². The van der Waals surface area contributed by atoms with Gasteiger partial charge in [-0.15, -0.1) is 0 Å². The summed E-state index contributed by atoms with van der Waals surface area (Å²) in [5.41, 5.74) is 8.04. The molecule has 2 heterocycles. The van der Waals surface area contributed by atoms with E-state index in [9.17, 15) is 0 Å². The molecule has 0 radical (unpaired) electrons. The maximum atomic E-state index is 5.77. The van der Waals surface area contributed by atoms with Gasteiger partial charge in [-0.1, -0.05) is 0 Å². The second-order valence-corrected chi connectivity index (χ2v) is 3.89. The van der Waals surface area contributed by atoms with Gasteiger partial charge in [0.1, 0.15) is 0 Å². The molecule has 76 valence electrons. The number of pyridine rings is 1.